The molecule has 0 saturated carbocycles. The number of aromatic nitrogens is 8. The predicted molar refractivity (Wildman–Crippen MR) is 446 cm³/mol. The van der Waals surface area contributed by atoms with Crippen LogP contribution in [-0.2, 0) is 80.9 Å². The van der Waals surface area contributed by atoms with Gasteiger partial charge in [0.05, 0.1) is 81.5 Å². The third-order valence-corrected chi connectivity index (χ3v) is 19.6. The van der Waals surface area contributed by atoms with E-state index in [1.807, 2.05) is 102 Å². The summed E-state index contributed by atoms with van der Waals surface area (Å²) in [6.07, 6.45) is 3.56. The fraction of sp³-hybridized carbons (Fsp3) is 0.515. The van der Waals surface area contributed by atoms with Crippen molar-refractivity contribution in [2.24, 2.45) is 5.73 Å². The number of nitrogens with two attached hydrogens (primary N) is 1. The molecule has 43 heteroatoms. The number of carbonyl (C=O) groups excluding carboxylic acids is 3. The number of halogens is 7. The summed E-state index contributed by atoms with van der Waals surface area (Å²) < 4.78 is 72.0. The Morgan fingerprint density at radius 3 is 1.16 bits per heavy atom. The first-order valence-electron chi connectivity index (χ1n) is 34.0. The molecule has 0 amide bonds. The van der Waals surface area contributed by atoms with Gasteiger partial charge in [0, 0.05) is 44.1 Å². The number of hydrogen-bond donors (Lipinski definition) is 8. The number of rotatable bonds is 14. The van der Waals surface area contributed by atoms with Crippen molar-refractivity contribution in [3.8, 4) is 0 Å². The molecule has 8 aliphatic rings. The van der Waals surface area contributed by atoms with E-state index in [0.29, 0.717) is 47.2 Å². The molecule has 14 rings (SSSR count). The molecule has 0 aliphatic carbocycles. The van der Waals surface area contributed by atoms with Crippen LogP contribution in [0.25, 0.3) is 0 Å². The van der Waals surface area contributed by atoms with Crippen LogP contribution in [0.4, 0.5) is 5.95 Å². The van der Waals surface area contributed by atoms with Gasteiger partial charge in [-0.2, -0.15) is 6.42 Å². The number of aromatic carboxylic acids is 1. The SMILES string of the molecule is CC.CC.CS(=O)c1ncc(Br)c(C(=O)OC2CO[C@H]3[C@@H]2OC[C@@H]3O)n1.CSc1ncc(Br)c(C(=O)O)n1.CSc1ncc(Br)c(C(=O)OC2CO[C@H]3[C@@H]2OC[C@@H]3O)n1.NCc1ccccc1.O=C(OC1CO[C@H]2[C@@H]1OC[C@@H]2O)c1nc(NCc2ccccc2)ncc1Br.O[C@@H]1CO[C@H]2[C@@H]1OC[C@@H]2O.[CH2-]CC.[I][V]([I])[I]. The average molecular weight is 2240 g/mol. The average Bonchev–Trinajstić information content (AvgIpc) is 1.73. The van der Waals surface area contributed by atoms with E-state index >= 15 is 0 Å². The van der Waals surface area contributed by atoms with Gasteiger partial charge in [0.1, 0.15) is 79.4 Å². The van der Waals surface area contributed by atoms with E-state index in [2.05, 4.69) is 176 Å². The maximum atomic E-state index is 12.6. The number of thioether (sulfide) groups is 2. The van der Waals surface area contributed by atoms with Crippen molar-refractivity contribution >= 4 is 188 Å². The number of benzene rings is 2. The fourth-order valence-electron chi connectivity index (χ4n) is 10.5. The minimum absolute atomic E-state index is 0.00523. The van der Waals surface area contributed by atoms with Gasteiger partial charge in [-0.25, -0.2) is 59.0 Å². The van der Waals surface area contributed by atoms with Crippen molar-refractivity contribution in [3.05, 3.63) is 144 Å². The van der Waals surface area contributed by atoms with Crippen LogP contribution in [0.1, 0.15) is 94.1 Å². The van der Waals surface area contributed by atoms with Gasteiger partial charge in [0.15, 0.2) is 51.4 Å². The number of esters is 3. The summed E-state index contributed by atoms with van der Waals surface area (Å²) >= 11 is 22.8. The van der Waals surface area contributed by atoms with E-state index in [9.17, 15) is 38.7 Å². The molecule has 6 aromatic rings. The van der Waals surface area contributed by atoms with Crippen LogP contribution >= 0.6 is 147 Å². The summed E-state index contributed by atoms with van der Waals surface area (Å²) in [5.41, 5.74) is 7.87. The molecule has 4 aromatic heterocycles. The van der Waals surface area contributed by atoms with Crippen molar-refractivity contribution < 1.29 is 111 Å². The number of anilines is 1. The topological polar surface area (TPSA) is 449 Å². The molecule has 111 heavy (non-hydrogen) atoms. The summed E-state index contributed by atoms with van der Waals surface area (Å²) in [4.78, 5) is 79.4. The van der Waals surface area contributed by atoms with E-state index in [-0.39, 0.29) is 97.9 Å². The standard InChI is InChI=1S/C18H18BrN3O5.C12H13BrN2O6S.C12H13BrN2O5S.C7H9N.C6H5BrN2O2S.C6H10O4.C3H7.2C2H6.3HI.V/c19-11-7-21-18(20-6-10-4-2-1-3-5-10)22-14(11)17(24)27-13-9-26-15-12(23)8-25-16(13)15;1-22(18)12-14-2-5(13)8(15-12)11(17)21-7-4-20-9-6(16)3-19-10(7)9;1-21-12-14-2-5(13)8(15-12)11(17)20-7-4-19-9-6(16)3-18-10(7)9;8-6-7-4-2-1-3-5-7;1-12-6-8-2-3(7)4(9-6)5(10)11;7-3-1-9-6-4(8)2-10-5(3)6;1-3-2;2*1-2;;;;/h1-5,7,12-13,15-16,23H,6,8-9H2,(H,20,21,22);2,6-7,9-10,16H,3-4H2,1H3;2,6-7,9-10,16H,3-4H2,1H3;1-5H,6,8H2;2H,1H3,(H,10,11);3-8H,1-2H2;1,3H2,2H3;2*1-2H3;3*1H;/q;;;;;;-1;;;;;;+3/p-3/t12-,13?,15+,16+;6-,7?,9+,10+,22?;6-,7?,9+,10+;;;3-,4+,5-,6-;;;;;;;/m000..1......./s1. The fourth-order valence-corrected chi connectivity index (χ4v) is 13.0. The summed E-state index contributed by atoms with van der Waals surface area (Å²) in [7, 11) is -1.41. The Morgan fingerprint density at radius 2 is 0.820 bits per heavy atom. The third kappa shape index (κ3) is 30.9. The third-order valence-electron chi connectivity index (χ3n) is 15.4. The Bertz CT molecular complexity index is 3860. The molecule has 9 N–H and O–H groups in total. The Balaban J connectivity index is 0.000000241. The van der Waals surface area contributed by atoms with Crippen molar-refractivity contribution in [1.29, 1.82) is 0 Å². The van der Waals surface area contributed by atoms with E-state index in [0.717, 1.165) is 12.0 Å². The molecule has 0 radical (unpaired) electrons. The van der Waals surface area contributed by atoms with E-state index in [1.165, 1.54) is 60.1 Å². The normalized spacial score (nSPS) is 25.8. The number of nitrogens with one attached hydrogen (secondary N) is 1. The molecule has 8 saturated heterocycles. The Kier molecular flexibility index (Phi) is 46.7. The van der Waals surface area contributed by atoms with Crippen molar-refractivity contribution in [3.63, 3.8) is 0 Å². The Morgan fingerprint density at radius 1 is 0.523 bits per heavy atom. The Hall–Kier alpha value is -2.58. The predicted octanol–water partition coefficient (Wildman–Crippen LogP) is 9.09. The molecule has 614 valence electrons. The van der Waals surface area contributed by atoms with Gasteiger partial charge in [-0.05, 0) is 87.4 Å². The van der Waals surface area contributed by atoms with E-state index in [4.69, 9.17) is 73.2 Å². The van der Waals surface area contributed by atoms with Crippen LogP contribution in [0.3, 0.4) is 0 Å². The van der Waals surface area contributed by atoms with Gasteiger partial charge in [-0.1, -0.05) is 119 Å². The number of carboxylic acids is 1. The summed E-state index contributed by atoms with van der Waals surface area (Å²) in [6, 6.07) is 19.8. The van der Waals surface area contributed by atoms with Gasteiger partial charge in [-0.15, -0.1) is 0 Å². The van der Waals surface area contributed by atoms with E-state index in [1.54, 1.807) is 6.26 Å². The Labute approximate surface area is 725 Å². The van der Waals surface area contributed by atoms with Gasteiger partial charge >= 0.3 is 88.7 Å². The summed E-state index contributed by atoms with van der Waals surface area (Å²) in [5.74, 6) is -2.60. The quantitative estimate of drug-likeness (QED) is 0.0126. The van der Waals surface area contributed by atoms with Crippen LogP contribution in [0.15, 0.2) is 119 Å². The number of aliphatic hydroxyl groups excluding tert-OH is 5. The molecule has 8 fully saturated rings. The van der Waals surface area contributed by atoms with Crippen molar-refractivity contribution in [2.75, 3.05) is 76.9 Å². The molecule has 8 aliphatic heterocycles. The first-order valence-corrected chi connectivity index (χ1v) is 54.7. The zero-order valence-electron chi connectivity index (χ0n) is 61.0. The number of aliphatic hydroxyl groups is 5. The van der Waals surface area contributed by atoms with Crippen LogP contribution in [0.2, 0.25) is 0 Å². The van der Waals surface area contributed by atoms with Crippen molar-refractivity contribution in [1.82, 2.24) is 39.9 Å². The molecule has 0 spiro atoms. The van der Waals surface area contributed by atoms with Crippen LogP contribution in [0, 0.1) is 6.92 Å². The summed E-state index contributed by atoms with van der Waals surface area (Å²) in [6.45, 7) is 16.3. The number of ether oxygens (including phenoxy) is 11. The molecule has 0 bridgehead atoms. The van der Waals surface area contributed by atoms with Gasteiger partial charge in [-0.3, -0.25) is 4.21 Å². The molecule has 2 aromatic carbocycles. The second kappa shape index (κ2) is 52.4. The van der Waals surface area contributed by atoms with Crippen molar-refractivity contribution in [2.45, 2.75) is 167 Å². The van der Waals surface area contributed by atoms with E-state index < -0.39 is 120 Å². The molecule has 17 atom stereocenters. The number of nitrogens with zero attached hydrogens (tertiary/aromatic N) is 8. The van der Waals surface area contributed by atoms with Gasteiger partial charge < -0.3 is 101 Å². The number of carbonyl (C=O) groups is 4. The van der Waals surface area contributed by atoms with Crippen LogP contribution in [0.5, 0.6) is 0 Å². The molecule has 32 nitrogen and oxygen atoms in total. The van der Waals surface area contributed by atoms with Gasteiger partial charge in [0.2, 0.25) is 11.1 Å². The first kappa shape index (κ1) is 99.0. The number of fused-ring (bicyclic) bond motifs is 4. The molecule has 4 unspecified atom stereocenters. The number of hydrogen-bond acceptors (Lipinski definition) is 33. The first-order chi connectivity index (χ1) is 53.2. The molecular formula is C68H87Br4I3N10O22S3V-. The minimum atomic E-state index is -1.41. The number of carboxylic acid groups (broad SMARTS) is 1. The van der Waals surface area contributed by atoms with Crippen LogP contribution in [-0.4, -0.2) is 268 Å². The molecular weight excluding hydrogens is 2160 g/mol. The zero-order valence-corrected chi connectivity index (χ0v) is 77.7. The maximum absolute atomic E-state index is 12.6. The van der Waals surface area contributed by atoms with Gasteiger partial charge in [0.25, 0.3) is 0 Å². The summed E-state index contributed by atoms with van der Waals surface area (Å²) in [5, 5.41) is 60.1. The van der Waals surface area contributed by atoms with Crippen LogP contribution < -0.4 is 11.1 Å². The zero-order chi connectivity index (χ0) is 82.0. The monoisotopic (exact) mass is 2240 g/mol. The second-order valence-corrected chi connectivity index (χ2v) is 64.5. The second-order valence-electron chi connectivity index (χ2n) is 22.9. The molecule has 12 heterocycles.